The van der Waals surface area contributed by atoms with E-state index in [9.17, 15) is 0 Å². The van der Waals surface area contributed by atoms with Crippen LogP contribution in [0, 0.1) is 17.2 Å². The molecular formula is C14H19N3. The quantitative estimate of drug-likeness (QED) is 0.845. The third kappa shape index (κ3) is 2.42. The van der Waals surface area contributed by atoms with Crippen molar-refractivity contribution in [1.29, 1.82) is 5.26 Å². The van der Waals surface area contributed by atoms with Crippen molar-refractivity contribution in [1.82, 2.24) is 0 Å². The molecule has 0 bridgehead atoms. The Morgan fingerprint density at radius 2 is 2.18 bits per heavy atom. The molecule has 90 valence electrons. The maximum absolute atomic E-state index is 9.16. The minimum Gasteiger partial charge on any atom is -0.367 e. The van der Waals surface area contributed by atoms with Gasteiger partial charge in [-0.2, -0.15) is 5.26 Å². The fourth-order valence-corrected chi connectivity index (χ4v) is 2.53. The molecule has 1 heterocycles. The lowest BCUT2D eigenvalue weighted by atomic mass is 9.92. The first kappa shape index (κ1) is 11.9. The third-order valence-electron chi connectivity index (χ3n) is 3.65. The summed E-state index contributed by atoms with van der Waals surface area (Å²) in [7, 11) is 0. The van der Waals surface area contributed by atoms with Gasteiger partial charge in [-0.05, 0) is 44.4 Å². The maximum atomic E-state index is 9.16. The van der Waals surface area contributed by atoms with Crippen LogP contribution in [0.3, 0.4) is 0 Å². The zero-order valence-corrected chi connectivity index (χ0v) is 10.3. The molecule has 1 aromatic carbocycles. The molecule has 1 saturated heterocycles. The van der Waals surface area contributed by atoms with E-state index in [1.807, 2.05) is 24.3 Å². The number of nitriles is 1. The Balaban J connectivity index is 2.28. The predicted molar refractivity (Wildman–Crippen MR) is 69.7 cm³/mol. The number of benzene rings is 1. The van der Waals surface area contributed by atoms with Crippen LogP contribution in [0.2, 0.25) is 0 Å². The van der Waals surface area contributed by atoms with Gasteiger partial charge in [0.1, 0.15) is 6.07 Å². The Labute approximate surface area is 103 Å². The lowest BCUT2D eigenvalue weighted by molar-refractivity contribution is 0.374. The Kier molecular flexibility index (Phi) is 3.65. The van der Waals surface area contributed by atoms with E-state index in [0.29, 0.717) is 12.0 Å². The van der Waals surface area contributed by atoms with Crippen LogP contribution in [0.5, 0.6) is 0 Å². The molecule has 1 aliphatic heterocycles. The average molecular weight is 229 g/mol. The highest BCUT2D eigenvalue weighted by Gasteiger charge is 2.25. The van der Waals surface area contributed by atoms with Gasteiger partial charge >= 0.3 is 0 Å². The molecule has 0 spiro atoms. The Bertz CT molecular complexity index is 422. The molecule has 0 radical (unpaired) electrons. The van der Waals surface area contributed by atoms with Crippen molar-refractivity contribution in [3.05, 3.63) is 29.8 Å². The third-order valence-corrected chi connectivity index (χ3v) is 3.65. The largest absolute Gasteiger partial charge is 0.367 e. The summed E-state index contributed by atoms with van der Waals surface area (Å²) in [6.07, 6.45) is 2.35. The van der Waals surface area contributed by atoms with Crippen molar-refractivity contribution < 1.29 is 0 Å². The average Bonchev–Trinajstić information content (AvgIpc) is 2.39. The van der Waals surface area contributed by atoms with Gasteiger partial charge in [-0.15, -0.1) is 0 Å². The molecule has 17 heavy (non-hydrogen) atoms. The van der Waals surface area contributed by atoms with Gasteiger partial charge < -0.3 is 10.6 Å². The highest BCUT2D eigenvalue weighted by atomic mass is 15.2. The summed E-state index contributed by atoms with van der Waals surface area (Å²) in [5.74, 6) is 0.554. The van der Waals surface area contributed by atoms with Crippen molar-refractivity contribution >= 4 is 5.69 Å². The van der Waals surface area contributed by atoms with Gasteiger partial charge in [-0.25, -0.2) is 0 Å². The molecule has 1 aromatic rings. The SMILES string of the molecule is CC1CCC(CN)CN1c1ccccc1C#N. The second-order valence-electron chi connectivity index (χ2n) is 4.81. The van der Waals surface area contributed by atoms with Crippen LogP contribution < -0.4 is 10.6 Å². The van der Waals surface area contributed by atoms with E-state index in [1.165, 1.54) is 6.42 Å². The van der Waals surface area contributed by atoms with Crippen LogP contribution >= 0.6 is 0 Å². The minimum atomic E-state index is 0.493. The molecule has 1 fully saturated rings. The van der Waals surface area contributed by atoms with Crippen LogP contribution in [-0.2, 0) is 0 Å². The molecule has 0 saturated carbocycles. The molecule has 1 aliphatic rings. The second-order valence-corrected chi connectivity index (χ2v) is 4.81. The second kappa shape index (κ2) is 5.20. The van der Waals surface area contributed by atoms with Crippen molar-refractivity contribution in [2.75, 3.05) is 18.0 Å². The highest BCUT2D eigenvalue weighted by molar-refractivity contribution is 5.60. The summed E-state index contributed by atoms with van der Waals surface area (Å²) < 4.78 is 0. The van der Waals surface area contributed by atoms with E-state index in [1.54, 1.807) is 0 Å². The summed E-state index contributed by atoms with van der Waals surface area (Å²) in [6, 6.07) is 10.6. The standard InChI is InChI=1S/C14H19N3/c1-11-6-7-12(8-15)10-17(11)14-5-3-2-4-13(14)9-16/h2-5,11-12H,6-8,10,15H2,1H3. The number of hydrogen-bond donors (Lipinski definition) is 1. The zero-order valence-electron chi connectivity index (χ0n) is 10.3. The molecule has 3 heteroatoms. The molecule has 0 aliphatic carbocycles. The van der Waals surface area contributed by atoms with E-state index in [0.717, 1.165) is 30.8 Å². The molecule has 2 atom stereocenters. The number of anilines is 1. The van der Waals surface area contributed by atoms with Crippen molar-refractivity contribution in [2.45, 2.75) is 25.8 Å². The number of nitrogens with zero attached hydrogens (tertiary/aromatic N) is 2. The van der Waals surface area contributed by atoms with E-state index in [-0.39, 0.29) is 0 Å². The van der Waals surface area contributed by atoms with E-state index < -0.39 is 0 Å². The number of rotatable bonds is 2. The van der Waals surface area contributed by atoms with Gasteiger partial charge in [0.05, 0.1) is 11.3 Å². The smallest absolute Gasteiger partial charge is 0.101 e. The molecular weight excluding hydrogens is 210 g/mol. The Morgan fingerprint density at radius 3 is 2.88 bits per heavy atom. The minimum absolute atomic E-state index is 0.493. The molecule has 3 nitrogen and oxygen atoms in total. The maximum Gasteiger partial charge on any atom is 0.101 e. The van der Waals surface area contributed by atoms with Crippen LogP contribution in [0.4, 0.5) is 5.69 Å². The summed E-state index contributed by atoms with van der Waals surface area (Å²) in [4.78, 5) is 2.33. The lowest BCUT2D eigenvalue weighted by Gasteiger charge is -2.39. The predicted octanol–water partition coefficient (Wildman–Crippen LogP) is 2.12. The van der Waals surface area contributed by atoms with Crippen LogP contribution in [0.15, 0.2) is 24.3 Å². The van der Waals surface area contributed by atoms with Gasteiger partial charge in [0.15, 0.2) is 0 Å². The van der Waals surface area contributed by atoms with Gasteiger partial charge in [-0.1, -0.05) is 12.1 Å². The zero-order chi connectivity index (χ0) is 12.3. The van der Waals surface area contributed by atoms with Gasteiger partial charge in [-0.3, -0.25) is 0 Å². The van der Waals surface area contributed by atoms with E-state index in [4.69, 9.17) is 11.0 Å². The fraction of sp³-hybridized carbons (Fsp3) is 0.500. The first-order valence-electron chi connectivity index (χ1n) is 6.22. The molecule has 2 rings (SSSR count). The number of hydrogen-bond acceptors (Lipinski definition) is 3. The monoisotopic (exact) mass is 229 g/mol. The number of nitrogens with two attached hydrogens (primary N) is 1. The van der Waals surface area contributed by atoms with Crippen molar-refractivity contribution in [3.8, 4) is 6.07 Å². The van der Waals surface area contributed by atoms with Crippen LogP contribution in [-0.4, -0.2) is 19.1 Å². The number of piperidine rings is 1. The summed E-state index contributed by atoms with van der Waals surface area (Å²) in [6.45, 7) is 3.93. The normalized spacial score (nSPS) is 24.4. The molecule has 2 N–H and O–H groups in total. The summed E-state index contributed by atoms with van der Waals surface area (Å²) in [5.41, 5.74) is 7.59. The van der Waals surface area contributed by atoms with Gasteiger partial charge in [0.25, 0.3) is 0 Å². The lowest BCUT2D eigenvalue weighted by Crippen LogP contribution is -2.44. The van der Waals surface area contributed by atoms with Crippen LogP contribution in [0.25, 0.3) is 0 Å². The molecule has 0 amide bonds. The Hall–Kier alpha value is -1.53. The molecule has 2 unspecified atom stereocenters. The first-order valence-corrected chi connectivity index (χ1v) is 6.22. The first-order chi connectivity index (χ1) is 8.26. The number of para-hydroxylation sites is 1. The fourth-order valence-electron chi connectivity index (χ4n) is 2.53. The van der Waals surface area contributed by atoms with Gasteiger partial charge in [0, 0.05) is 12.6 Å². The highest BCUT2D eigenvalue weighted by Crippen LogP contribution is 2.29. The van der Waals surface area contributed by atoms with E-state index >= 15 is 0 Å². The van der Waals surface area contributed by atoms with E-state index in [2.05, 4.69) is 17.9 Å². The Morgan fingerprint density at radius 1 is 1.41 bits per heavy atom. The van der Waals surface area contributed by atoms with Crippen molar-refractivity contribution in [3.63, 3.8) is 0 Å². The topological polar surface area (TPSA) is 53.0 Å². The van der Waals surface area contributed by atoms with Gasteiger partial charge in [0.2, 0.25) is 0 Å². The van der Waals surface area contributed by atoms with Crippen LogP contribution in [0.1, 0.15) is 25.3 Å². The summed E-state index contributed by atoms with van der Waals surface area (Å²) >= 11 is 0. The molecule has 0 aromatic heterocycles. The summed E-state index contributed by atoms with van der Waals surface area (Å²) in [5, 5.41) is 9.16. The van der Waals surface area contributed by atoms with Crippen molar-refractivity contribution in [2.24, 2.45) is 11.7 Å².